The minimum atomic E-state index is -0.345. The normalized spacial score (nSPS) is 17.3. The Morgan fingerprint density at radius 3 is 2.56 bits per heavy atom. The van der Waals surface area contributed by atoms with Crippen LogP contribution in [0.25, 0.3) is 11.1 Å². The average Bonchev–Trinajstić information content (AvgIpc) is 3.45. The molecule has 8 heteroatoms. The second kappa shape index (κ2) is 9.74. The second-order valence-electron chi connectivity index (χ2n) is 8.04. The van der Waals surface area contributed by atoms with Crippen molar-refractivity contribution in [3.05, 3.63) is 71.9 Å². The molecular weight excluding hydrogens is 406 g/mol. The van der Waals surface area contributed by atoms with Gasteiger partial charge in [-0.3, -0.25) is 4.79 Å². The fourth-order valence-electron chi connectivity index (χ4n) is 3.77. The number of benzene rings is 2. The summed E-state index contributed by atoms with van der Waals surface area (Å²) in [7, 11) is 5.49. The Morgan fingerprint density at radius 1 is 1.16 bits per heavy atom. The first-order chi connectivity index (χ1) is 15.5. The third-order valence-corrected chi connectivity index (χ3v) is 5.43. The van der Waals surface area contributed by atoms with Crippen LogP contribution in [0.1, 0.15) is 34.5 Å². The van der Waals surface area contributed by atoms with Crippen molar-refractivity contribution >= 4 is 11.6 Å². The van der Waals surface area contributed by atoms with Gasteiger partial charge in [0.2, 0.25) is 5.89 Å². The molecule has 1 aliphatic heterocycles. The van der Waals surface area contributed by atoms with Gasteiger partial charge in [0, 0.05) is 24.9 Å². The van der Waals surface area contributed by atoms with Crippen LogP contribution in [0.15, 0.2) is 64.3 Å². The minimum Gasteiger partial charge on any atom is -0.399 e. The molecule has 166 valence electrons. The molecule has 0 N–H and O–H groups in total. The Balaban J connectivity index is 1.55. The molecule has 0 bridgehead atoms. The van der Waals surface area contributed by atoms with Crippen LogP contribution < -0.4 is 0 Å². The number of likely N-dealkylation sites (tertiary alicyclic amines) is 1. The van der Waals surface area contributed by atoms with E-state index in [1.54, 1.807) is 4.90 Å². The molecule has 32 heavy (non-hydrogen) atoms. The topological polar surface area (TPSA) is 84.1 Å². The highest BCUT2D eigenvalue weighted by Crippen LogP contribution is 2.31. The Hall–Kier alpha value is -3.52. The van der Waals surface area contributed by atoms with Crippen molar-refractivity contribution in [2.45, 2.75) is 18.9 Å². The summed E-state index contributed by atoms with van der Waals surface area (Å²) in [5.41, 5.74) is 3.54. The largest absolute Gasteiger partial charge is 0.399 e. The van der Waals surface area contributed by atoms with Gasteiger partial charge in [-0.2, -0.15) is 4.98 Å². The zero-order valence-corrected chi connectivity index (χ0v) is 18.6. The molecule has 1 aromatic heterocycles. The van der Waals surface area contributed by atoms with Crippen LogP contribution >= 0.6 is 0 Å². The predicted octanol–water partition coefficient (Wildman–Crippen LogP) is 3.43. The molecule has 2 aromatic carbocycles. The molecule has 0 aliphatic carbocycles. The number of nitrogens with zero attached hydrogens (tertiary/aromatic N) is 5. The van der Waals surface area contributed by atoms with Gasteiger partial charge in [-0.05, 0) is 37.4 Å². The monoisotopic (exact) mass is 433 g/mol. The van der Waals surface area contributed by atoms with Gasteiger partial charge in [-0.1, -0.05) is 52.8 Å². The van der Waals surface area contributed by atoms with Gasteiger partial charge in [0.1, 0.15) is 13.2 Å². The Bertz CT molecular complexity index is 1080. The van der Waals surface area contributed by atoms with Crippen molar-refractivity contribution in [1.29, 1.82) is 0 Å². The highest BCUT2D eigenvalue weighted by atomic mass is 16.6. The number of hydrogen-bond acceptors (Lipinski definition) is 7. The summed E-state index contributed by atoms with van der Waals surface area (Å²) in [5, 5.41) is 8.23. The van der Waals surface area contributed by atoms with Gasteiger partial charge in [-0.25, -0.2) is 0 Å². The first-order valence-corrected chi connectivity index (χ1v) is 10.6. The number of carbonyl (C=O) groups excluding carboxylic acids is 1. The van der Waals surface area contributed by atoms with Crippen molar-refractivity contribution in [2.75, 3.05) is 34.3 Å². The smallest absolute Gasteiger partial charge is 0.254 e. The molecule has 1 atom stereocenters. The number of carbonyl (C=O) groups is 1. The zero-order valence-electron chi connectivity index (χ0n) is 18.6. The SMILES string of the molecule is CO/N=C1\CC(c2noc(CCN(C)C)n2)N(C(=O)c2ccc(-c3ccccc3)cc2)C1. The van der Waals surface area contributed by atoms with Gasteiger partial charge < -0.3 is 19.2 Å². The lowest BCUT2D eigenvalue weighted by Crippen LogP contribution is -2.31. The van der Waals surface area contributed by atoms with Crippen molar-refractivity contribution in [2.24, 2.45) is 5.16 Å². The molecule has 4 rings (SSSR count). The molecule has 1 fully saturated rings. The van der Waals surface area contributed by atoms with Crippen molar-refractivity contribution in [3.8, 4) is 11.1 Å². The van der Waals surface area contributed by atoms with E-state index in [2.05, 4.69) is 20.2 Å². The summed E-state index contributed by atoms with van der Waals surface area (Å²) in [6.45, 7) is 1.17. The first-order valence-electron chi connectivity index (χ1n) is 10.6. The van der Waals surface area contributed by atoms with Crippen LogP contribution in [0.4, 0.5) is 0 Å². The zero-order chi connectivity index (χ0) is 22.5. The van der Waals surface area contributed by atoms with Gasteiger partial charge >= 0.3 is 0 Å². The van der Waals surface area contributed by atoms with Crippen LogP contribution in [0.5, 0.6) is 0 Å². The number of oxime groups is 1. The molecule has 3 aromatic rings. The third kappa shape index (κ3) is 4.86. The van der Waals surface area contributed by atoms with E-state index in [9.17, 15) is 4.79 Å². The molecule has 1 saturated heterocycles. The summed E-state index contributed by atoms with van der Waals surface area (Å²) >= 11 is 0. The van der Waals surface area contributed by atoms with E-state index in [4.69, 9.17) is 9.36 Å². The standard InChI is InChI=1S/C24H27N5O3/c1-28(2)14-13-22-25-23(27-32-22)21-15-20(26-31-3)16-29(21)24(30)19-11-9-18(10-12-19)17-7-5-4-6-8-17/h4-12,21H,13-16H2,1-3H3/b26-20+. The fraction of sp³-hybridized carbons (Fsp3) is 0.333. The highest BCUT2D eigenvalue weighted by Gasteiger charge is 2.37. The van der Waals surface area contributed by atoms with Gasteiger partial charge in [0.15, 0.2) is 5.82 Å². The van der Waals surface area contributed by atoms with Crippen LogP contribution in [-0.4, -0.2) is 65.9 Å². The van der Waals surface area contributed by atoms with Gasteiger partial charge in [0.05, 0.1) is 12.3 Å². The Labute approximate surface area is 187 Å². The molecule has 1 unspecified atom stereocenters. The quantitative estimate of drug-likeness (QED) is 0.531. The van der Waals surface area contributed by atoms with Crippen LogP contribution in [0, 0.1) is 0 Å². The third-order valence-electron chi connectivity index (χ3n) is 5.43. The number of aromatic nitrogens is 2. The lowest BCUT2D eigenvalue weighted by atomic mass is 10.0. The van der Waals surface area contributed by atoms with E-state index >= 15 is 0 Å². The van der Waals surface area contributed by atoms with Gasteiger partial charge in [-0.15, -0.1) is 0 Å². The lowest BCUT2D eigenvalue weighted by molar-refractivity contribution is 0.0732. The molecule has 8 nitrogen and oxygen atoms in total. The van der Waals surface area contributed by atoms with Crippen molar-refractivity contribution < 1.29 is 14.2 Å². The van der Waals surface area contributed by atoms with Crippen LogP contribution in [0.3, 0.4) is 0 Å². The Morgan fingerprint density at radius 2 is 1.88 bits per heavy atom. The van der Waals surface area contributed by atoms with E-state index in [0.717, 1.165) is 23.4 Å². The first kappa shape index (κ1) is 21.7. The molecule has 0 radical (unpaired) electrons. The predicted molar refractivity (Wildman–Crippen MR) is 121 cm³/mol. The maximum absolute atomic E-state index is 13.4. The van der Waals surface area contributed by atoms with E-state index in [1.807, 2.05) is 68.7 Å². The highest BCUT2D eigenvalue weighted by molar-refractivity contribution is 6.00. The maximum Gasteiger partial charge on any atom is 0.254 e. The summed E-state index contributed by atoms with van der Waals surface area (Å²) < 4.78 is 5.42. The lowest BCUT2D eigenvalue weighted by Gasteiger charge is -2.21. The fourth-order valence-corrected chi connectivity index (χ4v) is 3.77. The maximum atomic E-state index is 13.4. The average molecular weight is 434 g/mol. The number of rotatable bonds is 7. The summed E-state index contributed by atoms with van der Waals surface area (Å²) in [5.74, 6) is 0.954. The van der Waals surface area contributed by atoms with E-state index in [0.29, 0.717) is 36.7 Å². The number of hydrogen-bond donors (Lipinski definition) is 0. The molecule has 2 heterocycles. The van der Waals surface area contributed by atoms with Crippen LogP contribution in [0.2, 0.25) is 0 Å². The van der Waals surface area contributed by atoms with Crippen LogP contribution in [-0.2, 0) is 11.3 Å². The van der Waals surface area contributed by atoms with Gasteiger partial charge in [0.25, 0.3) is 5.91 Å². The molecule has 1 aliphatic rings. The number of amides is 1. The van der Waals surface area contributed by atoms with Crippen molar-refractivity contribution in [1.82, 2.24) is 19.9 Å². The number of likely N-dealkylation sites (N-methyl/N-ethyl adjacent to an activating group) is 1. The van der Waals surface area contributed by atoms with E-state index in [-0.39, 0.29) is 11.9 Å². The molecule has 0 saturated carbocycles. The minimum absolute atomic E-state index is 0.101. The summed E-state index contributed by atoms with van der Waals surface area (Å²) in [6, 6.07) is 17.4. The summed E-state index contributed by atoms with van der Waals surface area (Å²) in [4.78, 5) is 26.7. The molecule has 0 spiro atoms. The van der Waals surface area contributed by atoms with Crippen molar-refractivity contribution in [3.63, 3.8) is 0 Å². The molecule has 1 amide bonds. The Kier molecular flexibility index (Phi) is 6.61. The molecular formula is C24H27N5O3. The second-order valence-corrected chi connectivity index (χ2v) is 8.04. The summed E-state index contributed by atoms with van der Waals surface area (Å²) in [6.07, 6.45) is 1.16. The van der Waals surface area contributed by atoms with E-state index in [1.165, 1.54) is 7.11 Å². The van der Waals surface area contributed by atoms with E-state index < -0.39 is 0 Å².